The van der Waals surface area contributed by atoms with Gasteiger partial charge in [0.2, 0.25) is 0 Å². The molecule has 14 heavy (non-hydrogen) atoms. The SMILES string of the molecule is CC(Br)N(N)c1ccc([N+](=O)[O-])cc1. The second-order valence-electron chi connectivity index (χ2n) is 2.75. The van der Waals surface area contributed by atoms with Crippen LogP contribution in [0.3, 0.4) is 0 Å². The van der Waals surface area contributed by atoms with E-state index in [4.69, 9.17) is 5.84 Å². The highest BCUT2D eigenvalue weighted by molar-refractivity contribution is 9.09. The summed E-state index contributed by atoms with van der Waals surface area (Å²) in [6.07, 6.45) is 0. The number of halogens is 1. The average molecular weight is 260 g/mol. The Hall–Kier alpha value is -1.14. The molecule has 0 aliphatic heterocycles. The van der Waals surface area contributed by atoms with Gasteiger partial charge in [-0.3, -0.25) is 15.1 Å². The smallest absolute Gasteiger partial charge is 0.269 e. The van der Waals surface area contributed by atoms with Crippen LogP contribution in [-0.2, 0) is 0 Å². The number of hydrazine groups is 1. The maximum Gasteiger partial charge on any atom is 0.269 e. The Labute approximate surface area is 89.8 Å². The Kier molecular flexibility index (Phi) is 3.43. The van der Waals surface area contributed by atoms with Gasteiger partial charge in [-0.15, -0.1) is 0 Å². The largest absolute Gasteiger partial charge is 0.298 e. The Morgan fingerprint density at radius 1 is 1.50 bits per heavy atom. The maximum absolute atomic E-state index is 10.4. The van der Waals surface area contributed by atoms with Gasteiger partial charge in [-0.05, 0) is 19.1 Å². The minimum absolute atomic E-state index is 0.0241. The van der Waals surface area contributed by atoms with Crippen molar-refractivity contribution in [1.29, 1.82) is 0 Å². The number of hydrogen-bond acceptors (Lipinski definition) is 4. The summed E-state index contributed by atoms with van der Waals surface area (Å²) in [4.78, 5) is 9.90. The van der Waals surface area contributed by atoms with Crippen LogP contribution < -0.4 is 10.9 Å². The number of rotatable bonds is 3. The van der Waals surface area contributed by atoms with Gasteiger partial charge in [0.05, 0.1) is 15.6 Å². The molecule has 0 saturated carbocycles. The van der Waals surface area contributed by atoms with Crippen molar-refractivity contribution in [1.82, 2.24) is 0 Å². The van der Waals surface area contributed by atoms with E-state index in [1.54, 1.807) is 12.1 Å². The van der Waals surface area contributed by atoms with E-state index in [9.17, 15) is 10.1 Å². The molecule has 0 aliphatic rings. The Balaban J connectivity index is 2.88. The van der Waals surface area contributed by atoms with Crippen LogP contribution >= 0.6 is 15.9 Å². The molecule has 1 atom stereocenters. The molecule has 76 valence electrons. The van der Waals surface area contributed by atoms with Gasteiger partial charge in [0.25, 0.3) is 5.69 Å². The van der Waals surface area contributed by atoms with Crippen molar-refractivity contribution in [2.45, 2.75) is 11.9 Å². The number of nitro groups is 1. The normalized spacial score (nSPS) is 12.2. The van der Waals surface area contributed by atoms with Crippen molar-refractivity contribution < 1.29 is 4.92 Å². The molecular weight excluding hydrogens is 250 g/mol. The molecule has 0 radical (unpaired) electrons. The molecule has 0 spiro atoms. The minimum Gasteiger partial charge on any atom is -0.298 e. The number of nitrogens with two attached hydrogens (primary N) is 1. The van der Waals surface area contributed by atoms with E-state index >= 15 is 0 Å². The summed E-state index contributed by atoms with van der Waals surface area (Å²) in [5.41, 5.74) is 0.782. The van der Waals surface area contributed by atoms with E-state index in [0.29, 0.717) is 0 Å². The summed E-state index contributed by atoms with van der Waals surface area (Å²) >= 11 is 3.29. The van der Waals surface area contributed by atoms with Gasteiger partial charge in [0, 0.05) is 12.1 Å². The molecule has 0 aliphatic carbocycles. The number of nitrogens with zero attached hydrogens (tertiary/aromatic N) is 2. The number of hydrogen-bond donors (Lipinski definition) is 1. The molecule has 2 N–H and O–H groups in total. The highest BCUT2D eigenvalue weighted by atomic mass is 79.9. The van der Waals surface area contributed by atoms with Gasteiger partial charge >= 0.3 is 0 Å². The Bertz CT molecular complexity index is 326. The van der Waals surface area contributed by atoms with Crippen LogP contribution in [0.1, 0.15) is 6.92 Å². The molecular formula is C8H10BrN3O2. The molecule has 5 nitrogen and oxygen atoms in total. The second kappa shape index (κ2) is 4.39. The lowest BCUT2D eigenvalue weighted by Crippen LogP contribution is -2.35. The van der Waals surface area contributed by atoms with E-state index in [1.165, 1.54) is 17.1 Å². The Morgan fingerprint density at radius 2 is 2.00 bits per heavy atom. The fourth-order valence-electron chi connectivity index (χ4n) is 0.952. The van der Waals surface area contributed by atoms with E-state index in [-0.39, 0.29) is 10.6 Å². The topological polar surface area (TPSA) is 72.4 Å². The van der Waals surface area contributed by atoms with Crippen molar-refractivity contribution in [3.05, 3.63) is 34.4 Å². The molecule has 0 saturated heterocycles. The van der Waals surface area contributed by atoms with Crippen LogP contribution in [0.5, 0.6) is 0 Å². The van der Waals surface area contributed by atoms with Crippen LogP contribution in [0.15, 0.2) is 24.3 Å². The second-order valence-corrected chi connectivity index (χ2v) is 4.08. The Morgan fingerprint density at radius 3 is 2.36 bits per heavy atom. The third-order valence-electron chi connectivity index (χ3n) is 1.74. The first-order valence-corrected chi connectivity index (χ1v) is 4.86. The van der Waals surface area contributed by atoms with Gasteiger partial charge < -0.3 is 0 Å². The van der Waals surface area contributed by atoms with Crippen molar-refractivity contribution in [3.63, 3.8) is 0 Å². The molecule has 0 heterocycles. The van der Waals surface area contributed by atoms with Crippen molar-refractivity contribution in [2.75, 3.05) is 5.01 Å². The standard InChI is InChI=1S/C8H10BrN3O2/c1-6(9)11(10)7-2-4-8(5-3-7)12(13)14/h2-6H,10H2,1H3. The third-order valence-corrected chi connectivity index (χ3v) is 2.18. The monoisotopic (exact) mass is 259 g/mol. The molecule has 0 aromatic heterocycles. The quantitative estimate of drug-likeness (QED) is 0.296. The van der Waals surface area contributed by atoms with E-state index in [2.05, 4.69) is 15.9 Å². The molecule has 6 heteroatoms. The first kappa shape index (κ1) is 10.9. The van der Waals surface area contributed by atoms with E-state index in [1.807, 2.05) is 6.92 Å². The van der Waals surface area contributed by atoms with Crippen LogP contribution in [0.4, 0.5) is 11.4 Å². The lowest BCUT2D eigenvalue weighted by atomic mass is 10.3. The molecule has 0 fully saturated rings. The zero-order valence-corrected chi connectivity index (χ0v) is 9.14. The predicted molar refractivity (Wildman–Crippen MR) is 58.2 cm³/mol. The van der Waals surface area contributed by atoms with Gasteiger partial charge in [-0.25, -0.2) is 5.84 Å². The predicted octanol–water partition coefficient (Wildman–Crippen LogP) is 2.02. The minimum atomic E-state index is -0.442. The summed E-state index contributed by atoms with van der Waals surface area (Å²) in [6.45, 7) is 1.86. The van der Waals surface area contributed by atoms with Crippen LogP contribution in [-0.4, -0.2) is 9.87 Å². The molecule has 0 amide bonds. The van der Waals surface area contributed by atoms with E-state index in [0.717, 1.165) is 5.69 Å². The fraction of sp³-hybridized carbons (Fsp3) is 0.250. The zero-order chi connectivity index (χ0) is 10.7. The molecule has 1 rings (SSSR count). The lowest BCUT2D eigenvalue weighted by Gasteiger charge is -2.21. The number of nitro benzene ring substituents is 1. The number of anilines is 1. The van der Waals surface area contributed by atoms with Gasteiger partial charge in [-0.1, -0.05) is 15.9 Å². The maximum atomic E-state index is 10.4. The van der Waals surface area contributed by atoms with Crippen molar-refractivity contribution in [2.24, 2.45) is 5.84 Å². The molecule has 0 bridgehead atoms. The average Bonchev–Trinajstić information content (AvgIpc) is 2.16. The molecule has 1 aromatic carbocycles. The van der Waals surface area contributed by atoms with Crippen molar-refractivity contribution >= 4 is 27.3 Å². The summed E-state index contributed by atoms with van der Waals surface area (Å²) in [7, 11) is 0. The van der Waals surface area contributed by atoms with Crippen LogP contribution in [0, 0.1) is 10.1 Å². The number of alkyl halides is 1. The van der Waals surface area contributed by atoms with Crippen LogP contribution in [0.25, 0.3) is 0 Å². The van der Waals surface area contributed by atoms with E-state index < -0.39 is 4.92 Å². The summed E-state index contributed by atoms with van der Waals surface area (Å²) in [5.74, 6) is 5.68. The number of benzene rings is 1. The van der Waals surface area contributed by atoms with Crippen molar-refractivity contribution in [3.8, 4) is 0 Å². The number of non-ortho nitro benzene ring substituents is 1. The molecule has 1 aromatic rings. The summed E-state index contributed by atoms with van der Waals surface area (Å²) in [6, 6.07) is 6.06. The molecule has 1 unspecified atom stereocenters. The first-order chi connectivity index (χ1) is 6.52. The fourth-order valence-corrected chi connectivity index (χ4v) is 1.19. The lowest BCUT2D eigenvalue weighted by molar-refractivity contribution is -0.384. The first-order valence-electron chi connectivity index (χ1n) is 3.95. The summed E-state index contributed by atoms with van der Waals surface area (Å²) < 4.78 is 0. The third kappa shape index (κ3) is 2.43. The van der Waals surface area contributed by atoms with Gasteiger partial charge in [0.15, 0.2) is 0 Å². The van der Waals surface area contributed by atoms with Gasteiger partial charge in [-0.2, -0.15) is 0 Å². The van der Waals surface area contributed by atoms with Crippen LogP contribution in [0.2, 0.25) is 0 Å². The zero-order valence-electron chi connectivity index (χ0n) is 7.55. The highest BCUT2D eigenvalue weighted by Crippen LogP contribution is 2.19. The van der Waals surface area contributed by atoms with Gasteiger partial charge in [0.1, 0.15) is 0 Å². The highest BCUT2D eigenvalue weighted by Gasteiger charge is 2.09. The summed E-state index contributed by atoms with van der Waals surface area (Å²) in [5, 5.41) is 11.8.